The lowest BCUT2D eigenvalue weighted by Crippen LogP contribution is -2.30. The maximum atomic E-state index is 10.3. The van der Waals surface area contributed by atoms with E-state index >= 15 is 0 Å². The fraction of sp³-hybridized carbons (Fsp3) is 0. The first-order valence-electron chi connectivity index (χ1n) is 38.3. The molecule has 0 unspecified atom stereocenters. The summed E-state index contributed by atoms with van der Waals surface area (Å²) in [5, 5.41) is 30.2. The zero-order valence-corrected chi connectivity index (χ0v) is 65.4. The SMILES string of the molecule is Brc1cccc(-c2nc(-c3ccccc3)nc(-c3ccccc3)n2)c1.OB(O)c1cc(-n2c3ccccc3c3ccc(-c4ccccc4)cc32)cc2c1sc1ccccc12.c1ccc(-c2ccc3c4ccccc4n(-c4cc(-c5cccc(-c6nc(-c7ccccc7)nc(-c7ccccc7)n6)c5)c5sc6ccccc6c5c4)c3c2)cc1. The molecule has 0 amide bonds. The van der Waals surface area contributed by atoms with Crippen molar-refractivity contribution >= 4 is 135 Å². The Labute approximate surface area is 684 Å². The third kappa shape index (κ3) is 13.7. The van der Waals surface area contributed by atoms with Crippen molar-refractivity contribution in [3.05, 3.63) is 393 Å². The number of thiophene rings is 2. The van der Waals surface area contributed by atoms with Crippen LogP contribution in [0, 0.1) is 0 Å². The van der Waals surface area contributed by atoms with E-state index in [1.807, 2.05) is 181 Å². The molecule has 0 saturated heterocycles. The molecule has 0 spiro atoms. The highest BCUT2D eigenvalue weighted by molar-refractivity contribution is 9.10. The standard InChI is InChI=1S/C51H32N4S.C30H20BNO2S.C21H14BrN3/c1-4-15-33(16-5-1)36-27-28-41-40-23-10-12-25-45(40)55(46(41)30-36)39-31-43(48-44(32-39)42-24-11-13-26-47(42)56-48)37-21-14-22-38(29-37)51-53-49(34-17-6-2-7-18-34)52-50(54-51)35-19-8-3-9-20-35;33-31(34)26-18-21(17-25-24-11-5-7-13-29(24)35-30(25)26)32-27-12-6-4-10-22(27)23-15-14-20(16-28(23)32)19-8-2-1-3-9-19;22-18-13-7-12-17(14-18)21-24-19(15-8-3-1-4-9-15)23-20(25-21)16-10-5-2-6-11-16/h1-32H;1-18,33-34H;1-14H. The van der Waals surface area contributed by atoms with E-state index in [-0.39, 0.29) is 0 Å². The third-order valence-corrected chi connectivity index (χ3v) is 24.2. The summed E-state index contributed by atoms with van der Waals surface area (Å²) in [6.45, 7) is 0. The highest BCUT2D eigenvalue weighted by Gasteiger charge is 2.25. The molecule has 0 radical (unpaired) electrons. The molecule has 10 nitrogen and oxygen atoms in total. The van der Waals surface area contributed by atoms with E-state index in [0.29, 0.717) is 40.4 Å². The van der Waals surface area contributed by atoms with Crippen LogP contribution < -0.4 is 5.46 Å². The van der Waals surface area contributed by atoms with Gasteiger partial charge >= 0.3 is 7.12 Å². The van der Waals surface area contributed by atoms with Crippen LogP contribution in [0.3, 0.4) is 0 Å². The molecule has 16 aromatic carbocycles. The second-order valence-electron chi connectivity index (χ2n) is 28.4. The molecule has 22 aromatic rings. The maximum absolute atomic E-state index is 10.3. The first-order valence-corrected chi connectivity index (χ1v) is 40.7. The summed E-state index contributed by atoms with van der Waals surface area (Å²) < 4.78 is 10.3. The molecule has 0 aliphatic heterocycles. The highest BCUT2D eigenvalue weighted by atomic mass is 79.9. The lowest BCUT2D eigenvalue weighted by molar-refractivity contribution is 0.426. The van der Waals surface area contributed by atoms with Crippen LogP contribution in [-0.4, -0.2) is 56.2 Å². The number of rotatable bonds is 12. The van der Waals surface area contributed by atoms with Crippen molar-refractivity contribution in [3.8, 4) is 113 Å². The van der Waals surface area contributed by atoms with Crippen LogP contribution in [-0.2, 0) is 0 Å². The Balaban J connectivity index is 0.000000123. The molecule has 0 aliphatic carbocycles. The molecule has 6 heterocycles. The van der Waals surface area contributed by atoms with Gasteiger partial charge in [0.1, 0.15) is 0 Å². The zero-order valence-electron chi connectivity index (χ0n) is 62.2. The van der Waals surface area contributed by atoms with Gasteiger partial charge in [-0.3, -0.25) is 0 Å². The van der Waals surface area contributed by atoms with Gasteiger partial charge in [-0.05, 0) is 107 Å². The Morgan fingerprint density at radius 1 is 0.233 bits per heavy atom. The molecule has 6 aromatic heterocycles. The van der Waals surface area contributed by atoms with Gasteiger partial charge in [-0.2, -0.15) is 0 Å². The van der Waals surface area contributed by atoms with Crippen molar-refractivity contribution in [1.29, 1.82) is 0 Å². The summed E-state index contributed by atoms with van der Waals surface area (Å²) >= 11 is 6.96. The normalized spacial score (nSPS) is 11.4. The maximum Gasteiger partial charge on any atom is 0.489 e. The summed E-state index contributed by atoms with van der Waals surface area (Å²) in [7, 11) is -1.56. The summed E-state index contributed by atoms with van der Waals surface area (Å²) in [6, 6.07) is 134. The molecule has 0 fully saturated rings. The molecule has 0 aliphatic rings. The fourth-order valence-electron chi connectivity index (χ4n) is 15.8. The molecule has 22 rings (SSSR count). The minimum Gasteiger partial charge on any atom is -0.423 e. The van der Waals surface area contributed by atoms with Gasteiger partial charge in [0.25, 0.3) is 0 Å². The highest BCUT2D eigenvalue weighted by Crippen LogP contribution is 2.46. The Hall–Kier alpha value is -14.0. The molecule has 0 saturated carbocycles. The van der Waals surface area contributed by atoms with Crippen molar-refractivity contribution in [2.75, 3.05) is 0 Å². The average molecular weight is 1590 g/mol. The van der Waals surface area contributed by atoms with Gasteiger partial charge in [0, 0.05) is 122 Å². The van der Waals surface area contributed by atoms with Crippen LogP contribution in [0.25, 0.3) is 197 Å². The van der Waals surface area contributed by atoms with Gasteiger partial charge < -0.3 is 19.2 Å². The summed E-state index contributed by atoms with van der Waals surface area (Å²) in [5.74, 6) is 3.94. The number of fused-ring (bicyclic) bond motifs is 12. The molecule has 0 atom stereocenters. The monoisotopic (exact) mass is 1590 g/mol. The van der Waals surface area contributed by atoms with Gasteiger partial charge in [-0.25, -0.2) is 29.9 Å². The van der Waals surface area contributed by atoms with Crippen molar-refractivity contribution in [3.63, 3.8) is 0 Å². The van der Waals surface area contributed by atoms with Gasteiger partial charge in [0.2, 0.25) is 0 Å². The van der Waals surface area contributed by atoms with Crippen LogP contribution in [0.15, 0.2) is 393 Å². The number of hydrogen-bond acceptors (Lipinski definition) is 10. The average Bonchev–Trinajstić information content (AvgIpc) is 1.57. The quantitative estimate of drug-likeness (QED) is 0.116. The van der Waals surface area contributed by atoms with E-state index in [4.69, 9.17) is 24.9 Å². The van der Waals surface area contributed by atoms with Crippen molar-refractivity contribution in [2.24, 2.45) is 0 Å². The molecule has 14 heteroatoms. The summed E-state index contributed by atoms with van der Waals surface area (Å²) in [6.07, 6.45) is 0. The van der Waals surface area contributed by atoms with Crippen molar-refractivity contribution in [2.45, 2.75) is 0 Å². The topological polar surface area (TPSA) is 128 Å². The molecule has 116 heavy (non-hydrogen) atoms. The van der Waals surface area contributed by atoms with E-state index in [1.54, 1.807) is 11.3 Å². The largest absolute Gasteiger partial charge is 0.489 e. The van der Waals surface area contributed by atoms with Crippen molar-refractivity contribution in [1.82, 2.24) is 39.0 Å². The van der Waals surface area contributed by atoms with Crippen LogP contribution in [0.1, 0.15) is 0 Å². The van der Waals surface area contributed by atoms with E-state index in [0.717, 1.165) is 97.1 Å². The first-order chi connectivity index (χ1) is 57.2. The number of nitrogens with zero attached hydrogens (tertiary/aromatic N) is 8. The molecular weight excluding hydrogens is 1520 g/mol. The minimum atomic E-state index is -1.56. The molecule has 548 valence electrons. The van der Waals surface area contributed by atoms with Gasteiger partial charge in [-0.15, -0.1) is 22.7 Å². The molecule has 0 bridgehead atoms. The summed E-state index contributed by atoms with van der Waals surface area (Å²) in [4.78, 5) is 29.2. The number of benzene rings is 16. The Bertz CT molecular complexity index is 7340. The zero-order chi connectivity index (χ0) is 77.6. The Kier molecular flexibility index (Phi) is 18.9. The number of hydrogen-bond donors (Lipinski definition) is 2. The second-order valence-corrected chi connectivity index (χ2v) is 31.4. The fourth-order valence-corrected chi connectivity index (χ4v) is 18.6. The van der Waals surface area contributed by atoms with E-state index in [2.05, 4.69) is 248 Å². The molecule has 2 N–H and O–H groups in total. The number of aromatic nitrogens is 8. The second kappa shape index (κ2) is 30.9. The lowest BCUT2D eigenvalue weighted by atomic mass is 9.79. The lowest BCUT2D eigenvalue weighted by Gasteiger charge is -2.14. The van der Waals surface area contributed by atoms with Gasteiger partial charge in [-0.1, -0.05) is 325 Å². The Morgan fingerprint density at radius 2 is 0.560 bits per heavy atom. The van der Waals surface area contributed by atoms with Crippen molar-refractivity contribution < 1.29 is 10.0 Å². The summed E-state index contributed by atoms with van der Waals surface area (Å²) in [5.41, 5.74) is 19.8. The minimum absolute atomic E-state index is 0.531. The Morgan fingerprint density at radius 3 is 0.991 bits per heavy atom. The van der Waals surface area contributed by atoms with E-state index in [1.165, 1.54) is 69.4 Å². The smallest absolute Gasteiger partial charge is 0.423 e. The van der Waals surface area contributed by atoms with Crippen LogP contribution >= 0.6 is 38.6 Å². The third-order valence-electron chi connectivity index (χ3n) is 21.2. The number of para-hydroxylation sites is 2. The predicted molar refractivity (Wildman–Crippen MR) is 487 cm³/mol. The van der Waals surface area contributed by atoms with E-state index in [9.17, 15) is 10.0 Å². The van der Waals surface area contributed by atoms with Gasteiger partial charge in [0.15, 0.2) is 34.9 Å². The molecular formula is C102H66BBrN8O2S2. The predicted octanol–water partition coefficient (Wildman–Crippen LogP) is 25.8. The first kappa shape index (κ1) is 71.1. The van der Waals surface area contributed by atoms with Crippen LogP contribution in [0.4, 0.5) is 0 Å². The van der Waals surface area contributed by atoms with Crippen LogP contribution in [0.5, 0.6) is 0 Å². The van der Waals surface area contributed by atoms with E-state index < -0.39 is 7.12 Å². The van der Waals surface area contributed by atoms with Crippen LogP contribution in [0.2, 0.25) is 0 Å². The van der Waals surface area contributed by atoms with Gasteiger partial charge in [0.05, 0.1) is 22.1 Å². The number of halogens is 1.